The number of rotatable bonds is 6. The van der Waals surface area contributed by atoms with Crippen LogP contribution in [0.5, 0.6) is 5.75 Å². The lowest BCUT2D eigenvalue weighted by molar-refractivity contribution is 0.0527. The van der Waals surface area contributed by atoms with Gasteiger partial charge in [-0.2, -0.15) is 0 Å². The smallest absolute Gasteiger partial charge is 0.340 e. The Hall–Kier alpha value is -3.38. The van der Waals surface area contributed by atoms with Crippen molar-refractivity contribution >= 4 is 28.6 Å². The zero-order valence-electron chi connectivity index (χ0n) is 17.6. The summed E-state index contributed by atoms with van der Waals surface area (Å²) in [5, 5.41) is 0.809. The summed E-state index contributed by atoms with van der Waals surface area (Å²) < 4.78 is 10.8. The average Bonchev–Trinajstić information content (AvgIpc) is 2.83. The van der Waals surface area contributed by atoms with Crippen LogP contribution in [0.2, 0.25) is 0 Å². The van der Waals surface area contributed by atoms with Gasteiger partial charge >= 0.3 is 5.97 Å². The van der Waals surface area contributed by atoms with Crippen LogP contribution in [0.3, 0.4) is 0 Å². The molecule has 0 fully saturated rings. The maximum Gasteiger partial charge on any atom is 0.340 e. The highest BCUT2D eigenvalue weighted by Gasteiger charge is 2.20. The zero-order valence-corrected chi connectivity index (χ0v) is 18.4. The summed E-state index contributed by atoms with van der Waals surface area (Å²) in [6, 6.07) is 17.8. The molecule has 2 aromatic heterocycles. The van der Waals surface area contributed by atoms with Crippen LogP contribution >= 0.6 is 11.8 Å². The highest BCUT2D eigenvalue weighted by atomic mass is 32.2. The first-order valence-electron chi connectivity index (χ1n) is 9.90. The molecule has 2 heterocycles. The van der Waals surface area contributed by atoms with Crippen molar-refractivity contribution in [3.63, 3.8) is 0 Å². The van der Waals surface area contributed by atoms with E-state index < -0.39 is 5.97 Å². The van der Waals surface area contributed by atoms with Crippen molar-refractivity contribution in [2.75, 3.05) is 20.0 Å². The van der Waals surface area contributed by atoms with Crippen molar-refractivity contribution in [2.45, 2.75) is 11.8 Å². The van der Waals surface area contributed by atoms with Crippen LogP contribution in [-0.2, 0) is 4.74 Å². The van der Waals surface area contributed by atoms with E-state index in [-0.39, 0.29) is 6.61 Å². The van der Waals surface area contributed by atoms with Crippen molar-refractivity contribution in [1.82, 2.24) is 9.97 Å². The molecule has 0 aliphatic rings. The van der Waals surface area contributed by atoms with Crippen molar-refractivity contribution in [1.29, 1.82) is 0 Å². The first-order chi connectivity index (χ1) is 15.2. The number of thioether (sulfide) groups is 1. The van der Waals surface area contributed by atoms with E-state index in [0.29, 0.717) is 16.8 Å². The fraction of sp³-hybridized carbons (Fsp3) is 0.160. The van der Waals surface area contributed by atoms with Crippen LogP contribution < -0.4 is 4.74 Å². The van der Waals surface area contributed by atoms with E-state index in [1.54, 1.807) is 38.2 Å². The third kappa shape index (κ3) is 3.99. The Morgan fingerprint density at radius 3 is 2.55 bits per heavy atom. The van der Waals surface area contributed by atoms with E-state index in [0.717, 1.165) is 32.7 Å². The van der Waals surface area contributed by atoms with Crippen LogP contribution in [0.15, 0.2) is 71.9 Å². The monoisotopic (exact) mass is 430 g/mol. The van der Waals surface area contributed by atoms with Crippen molar-refractivity contribution < 1.29 is 14.3 Å². The fourth-order valence-corrected chi connectivity index (χ4v) is 4.20. The maximum absolute atomic E-state index is 12.7. The minimum absolute atomic E-state index is 0.289. The lowest BCUT2D eigenvalue weighted by Gasteiger charge is -2.14. The minimum Gasteiger partial charge on any atom is -0.494 e. The molecule has 0 unspecified atom stereocenters. The Labute approximate surface area is 185 Å². The predicted molar refractivity (Wildman–Crippen MR) is 125 cm³/mol. The van der Waals surface area contributed by atoms with Gasteiger partial charge in [-0.15, -0.1) is 11.8 Å². The Morgan fingerprint density at radius 1 is 1.00 bits per heavy atom. The summed E-state index contributed by atoms with van der Waals surface area (Å²) >= 11 is 1.69. The molecule has 0 saturated heterocycles. The molecule has 0 aliphatic heterocycles. The number of esters is 1. The highest BCUT2D eigenvalue weighted by molar-refractivity contribution is 7.98. The number of benzene rings is 2. The van der Waals surface area contributed by atoms with Gasteiger partial charge in [0.2, 0.25) is 0 Å². The second-order valence-electron chi connectivity index (χ2n) is 6.76. The van der Waals surface area contributed by atoms with Gasteiger partial charge in [-0.05, 0) is 31.4 Å². The van der Waals surface area contributed by atoms with Gasteiger partial charge in [0.1, 0.15) is 11.3 Å². The summed E-state index contributed by atoms with van der Waals surface area (Å²) in [6.45, 7) is 2.08. The van der Waals surface area contributed by atoms with Crippen molar-refractivity contribution in [3.05, 3.63) is 72.6 Å². The number of nitrogens with zero attached hydrogens (tertiary/aromatic N) is 2. The number of fused-ring (bicyclic) bond motifs is 1. The molecule has 6 heteroatoms. The summed E-state index contributed by atoms with van der Waals surface area (Å²) in [5.74, 6) is 0.235. The minimum atomic E-state index is -0.411. The van der Waals surface area contributed by atoms with E-state index in [1.165, 1.54) is 0 Å². The first kappa shape index (κ1) is 20.9. The van der Waals surface area contributed by atoms with E-state index >= 15 is 0 Å². The molecule has 31 heavy (non-hydrogen) atoms. The SMILES string of the molecule is CCOC(=O)c1cnc2c(OC)cccc2c1-c1ccc(-c2ccccc2SC)nc1. The number of carbonyl (C=O) groups is 1. The largest absolute Gasteiger partial charge is 0.494 e. The van der Waals surface area contributed by atoms with Gasteiger partial charge in [-0.1, -0.05) is 36.4 Å². The normalized spacial score (nSPS) is 10.8. The maximum atomic E-state index is 12.7. The molecule has 0 atom stereocenters. The first-order valence-corrected chi connectivity index (χ1v) is 11.1. The Morgan fingerprint density at radius 2 is 1.84 bits per heavy atom. The Balaban J connectivity index is 1.89. The van der Waals surface area contributed by atoms with E-state index in [2.05, 4.69) is 23.4 Å². The number of hydrogen-bond acceptors (Lipinski definition) is 6. The lowest BCUT2D eigenvalue weighted by atomic mass is 9.96. The summed E-state index contributed by atoms with van der Waals surface area (Å²) in [5.41, 5.74) is 4.59. The molecule has 5 nitrogen and oxygen atoms in total. The molecular weight excluding hydrogens is 408 g/mol. The van der Waals surface area contributed by atoms with Crippen LogP contribution in [-0.4, -0.2) is 35.9 Å². The Bertz CT molecular complexity index is 1240. The molecular formula is C25H22N2O3S. The van der Waals surface area contributed by atoms with E-state index in [1.807, 2.05) is 42.5 Å². The molecule has 0 spiro atoms. The van der Waals surface area contributed by atoms with Crippen LogP contribution in [0, 0.1) is 0 Å². The molecule has 156 valence electrons. The molecule has 4 rings (SSSR count). The quantitative estimate of drug-likeness (QED) is 0.282. The van der Waals surface area contributed by atoms with Gasteiger partial charge < -0.3 is 9.47 Å². The third-order valence-electron chi connectivity index (χ3n) is 5.01. The number of hydrogen-bond donors (Lipinski definition) is 0. The number of methoxy groups -OCH3 is 1. The number of ether oxygens (including phenoxy) is 2. The van der Waals surface area contributed by atoms with Gasteiger partial charge in [-0.3, -0.25) is 9.97 Å². The number of carbonyl (C=O) groups excluding carboxylic acids is 1. The predicted octanol–water partition coefficient (Wildman–Crippen LogP) is 5.87. The summed E-state index contributed by atoms with van der Waals surface area (Å²) in [7, 11) is 1.61. The van der Waals surface area contributed by atoms with Crippen LogP contribution in [0.1, 0.15) is 17.3 Å². The van der Waals surface area contributed by atoms with Crippen molar-refractivity contribution in [3.8, 4) is 28.1 Å². The highest BCUT2D eigenvalue weighted by Crippen LogP contribution is 2.36. The standard InChI is InChI=1S/C25H22N2O3S/c1-4-30-25(28)19-15-27-24-18(9-7-10-21(24)29-2)23(19)16-12-13-20(26-14-16)17-8-5-6-11-22(17)31-3/h5-15H,4H2,1-3H3. The van der Waals surface area contributed by atoms with Gasteiger partial charge in [0.25, 0.3) is 0 Å². The van der Waals surface area contributed by atoms with Crippen LogP contribution in [0.4, 0.5) is 0 Å². The van der Waals surface area contributed by atoms with Gasteiger partial charge in [0.05, 0.1) is 25.0 Å². The third-order valence-corrected chi connectivity index (χ3v) is 5.81. The number of para-hydroxylation sites is 1. The molecule has 4 aromatic rings. The summed E-state index contributed by atoms with van der Waals surface area (Å²) in [6.07, 6.45) is 5.40. The molecule has 0 N–H and O–H groups in total. The molecule has 0 bridgehead atoms. The van der Waals surface area contributed by atoms with E-state index in [9.17, 15) is 4.79 Å². The van der Waals surface area contributed by atoms with Gasteiger partial charge in [0, 0.05) is 39.4 Å². The molecule has 0 aliphatic carbocycles. The van der Waals surface area contributed by atoms with Crippen molar-refractivity contribution in [2.24, 2.45) is 0 Å². The van der Waals surface area contributed by atoms with Gasteiger partial charge in [0.15, 0.2) is 0 Å². The fourth-order valence-electron chi connectivity index (χ4n) is 3.59. The zero-order chi connectivity index (χ0) is 21.8. The van der Waals surface area contributed by atoms with E-state index in [4.69, 9.17) is 14.5 Å². The van der Waals surface area contributed by atoms with Gasteiger partial charge in [-0.25, -0.2) is 4.79 Å². The Kier molecular flexibility index (Phi) is 6.18. The molecule has 0 saturated carbocycles. The molecule has 0 amide bonds. The average molecular weight is 431 g/mol. The number of pyridine rings is 2. The second kappa shape index (κ2) is 9.18. The molecule has 0 radical (unpaired) electrons. The summed E-state index contributed by atoms with van der Waals surface area (Å²) in [4.78, 5) is 23.0. The second-order valence-corrected chi connectivity index (χ2v) is 7.60. The molecule has 2 aromatic carbocycles. The topological polar surface area (TPSA) is 61.3 Å². The number of aromatic nitrogens is 2. The van der Waals surface area contributed by atoms with Crippen LogP contribution in [0.25, 0.3) is 33.3 Å². The lowest BCUT2D eigenvalue weighted by Crippen LogP contribution is -2.08.